The van der Waals surface area contributed by atoms with E-state index < -0.39 is 0 Å². The molecule has 128 valence electrons. The highest BCUT2D eigenvalue weighted by molar-refractivity contribution is 5.91. The fourth-order valence-corrected chi connectivity index (χ4v) is 2.96. The second-order valence-corrected chi connectivity index (χ2v) is 6.06. The molecule has 1 fully saturated rings. The van der Waals surface area contributed by atoms with Gasteiger partial charge >= 0.3 is 0 Å². The van der Waals surface area contributed by atoms with Crippen molar-refractivity contribution >= 4 is 11.6 Å². The summed E-state index contributed by atoms with van der Waals surface area (Å²) in [5, 5.41) is 2.97. The second kappa shape index (κ2) is 9.65. The van der Waals surface area contributed by atoms with Crippen LogP contribution in [0.4, 0.5) is 5.69 Å². The summed E-state index contributed by atoms with van der Waals surface area (Å²) in [4.78, 5) is 12.1. The first-order valence-corrected chi connectivity index (χ1v) is 8.49. The third kappa shape index (κ3) is 6.29. The SMILES string of the molecule is CCOCCOCc1cccc(NC(=O)C[C@@H]2CCC[C@H]2N)c1. The second-order valence-electron chi connectivity index (χ2n) is 6.06. The van der Waals surface area contributed by atoms with Crippen LogP contribution < -0.4 is 11.1 Å². The van der Waals surface area contributed by atoms with Gasteiger partial charge in [-0.1, -0.05) is 18.6 Å². The van der Waals surface area contributed by atoms with E-state index in [0.717, 1.165) is 30.5 Å². The number of amides is 1. The zero-order valence-corrected chi connectivity index (χ0v) is 13.9. The van der Waals surface area contributed by atoms with E-state index in [2.05, 4.69) is 5.32 Å². The molecule has 5 heteroatoms. The zero-order valence-electron chi connectivity index (χ0n) is 13.9. The third-order valence-corrected chi connectivity index (χ3v) is 4.22. The monoisotopic (exact) mass is 320 g/mol. The lowest BCUT2D eigenvalue weighted by molar-refractivity contribution is -0.117. The fourth-order valence-electron chi connectivity index (χ4n) is 2.96. The third-order valence-electron chi connectivity index (χ3n) is 4.22. The van der Waals surface area contributed by atoms with Gasteiger partial charge in [-0.2, -0.15) is 0 Å². The van der Waals surface area contributed by atoms with E-state index in [9.17, 15) is 4.79 Å². The van der Waals surface area contributed by atoms with E-state index in [1.165, 1.54) is 0 Å². The average Bonchev–Trinajstić information content (AvgIpc) is 2.92. The van der Waals surface area contributed by atoms with Gasteiger partial charge in [0.15, 0.2) is 0 Å². The number of anilines is 1. The summed E-state index contributed by atoms with van der Waals surface area (Å²) in [5.74, 6) is 0.363. The van der Waals surface area contributed by atoms with Gasteiger partial charge in [0.05, 0.1) is 19.8 Å². The zero-order chi connectivity index (χ0) is 16.5. The number of hydrogen-bond donors (Lipinski definition) is 2. The fraction of sp³-hybridized carbons (Fsp3) is 0.611. The Balaban J connectivity index is 1.76. The molecule has 1 saturated carbocycles. The highest BCUT2D eigenvalue weighted by Gasteiger charge is 2.25. The smallest absolute Gasteiger partial charge is 0.224 e. The minimum absolute atomic E-state index is 0.0433. The van der Waals surface area contributed by atoms with Gasteiger partial charge in [0.25, 0.3) is 0 Å². The maximum atomic E-state index is 12.1. The summed E-state index contributed by atoms with van der Waals surface area (Å²) in [7, 11) is 0. The molecule has 0 heterocycles. The van der Waals surface area contributed by atoms with Crippen LogP contribution in [0.5, 0.6) is 0 Å². The molecule has 5 nitrogen and oxygen atoms in total. The number of carbonyl (C=O) groups is 1. The maximum absolute atomic E-state index is 12.1. The Morgan fingerprint density at radius 1 is 1.30 bits per heavy atom. The van der Waals surface area contributed by atoms with Crippen molar-refractivity contribution in [1.82, 2.24) is 0 Å². The van der Waals surface area contributed by atoms with Crippen LogP contribution in [0.1, 0.15) is 38.2 Å². The molecule has 0 aliphatic heterocycles. The van der Waals surface area contributed by atoms with E-state index in [4.69, 9.17) is 15.2 Å². The van der Waals surface area contributed by atoms with E-state index in [0.29, 0.717) is 38.8 Å². The van der Waals surface area contributed by atoms with Gasteiger partial charge in [-0.25, -0.2) is 0 Å². The van der Waals surface area contributed by atoms with Crippen LogP contribution in [0.15, 0.2) is 24.3 Å². The van der Waals surface area contributed by atoms with Crippen LogP contribution >= 0.6 is 0 Å². The Labute approximate surface area is 138 Å². The summed E-state index contributed by atoms with van der Waals surface area (Å²) < 4.78 is 10.8. The topological polar surface area (TPSA) is 73.6 Å². The lowest BCUT2D eigenvalue weighted by Crippen LogP contribution is -2.28. The summed E-state index contributed by atoms with van der Waals surface area (Å²) in [5.41, 5.74) is 7.88. The molecule has 2 atom stereocenters. The molecule has 1 aliphatic rings. The highest BCUT2D eigenvalue weighted by Crippen LogP contribution is 2.27. The molecule has 0 spiro atoms. The molecule has 3 N–H and O–H groups in total. The Morgan fingerprint density at radius 2 is 2.13 bits per heavy atom. The number of carbonyl (C=O) groups excluding carboxylic acids is 1. The van der Waals surface area contributed by atoms with E-state index >= 15 is 0 Å². The Bertz CT molecular complexity index is 493. The first kappa shape index (κ1) is 17.9. The van der Waals surface area contributed by atoms with Gasteiger partial charge < -0.3 is 20.5 Å². The quantitative estimate of drug-likeness (QED) is 0.686. The number of ether oxygens (including phenoxy) is 2. The van der Waals surface area contributed by atoms with Crippen molar-refractivity contribution in [2.45, 2.75) is 45.3 Å². The largest absolute Gasteiger partial charge is 0.379 e. The van der Waals surface area contributed by atoms with Crippen molar-refractivity contribution in [3.63, 3.8) is 0 Å². The molecule has 2 rings (SSSR count). The van der Waals surface area contributed by atoms with Crippen molar-refractivity contribution < 1.29 is 14.3 Å². The van der Waals surface area contributed by atoms with Gasteiger partial charge in [0.1, 0.15) is 0 Å². The molecule has 1 amide bonds. The Morgan fingerprint density at radius 3 is 2.87 bits per heavy atom. The van der Waals surface area contributed by atoms with Gasteiger partial charge in [0, 0.05) is 24.8 Å². The highest BCUT2D eigenvalue weighted by atomic mass is 16.5. The van der Waals surface area contributed by atoms with E-state index in [1.807, 2.05) is 31.2 Å². The first-order chi connectivity index (χ1) is 11.2. The van der Waals surface area contributed by atoms with E-state index in [1.54, 1.807) is 0 Å². The van der Waals surface area contributed by atoms with Gasteiger partial charge in [-0.05, 0) is 43.4 Å². The molecule has 0 saturated heterocycles. The molecule has 1 aromatic carbocycles. The summed E-state index contributed by atoms with van der Waals surface area (Å²) in [6.07, 6.45) is 3.73. The predicted octanol–water partition coefficient (Wildman–Crippen LogP) is 2.70. The van der Waals surface area contributed by atoms with Crippen LogP contribution in [0.3, 0.4) is 0 Å². The molecule has 1 aromatic rings. The van der Waals surface area contributed by atoms with Gasteiger partial charge in [0.2, 0.25) is 5.91 Å². The molecule has 0 radical (unpaired) electrons. The van der Waals surface area contributed by atoms with Gasteiger partial charge in [-0.3, -0.25) is 4.79 Å². The summed E-state index contributed by atoms with van der Waals surface area (Å²) in [6, 6.07) is 7.94. The summed E-state index contributed by atoms with van der Waals surface area (Å²) in [6.45, 7) is 4.36. The lowest BCUT2D eigenvalue weighted by atomic mass is 10.00. The van der Waals surface area contributed by atoms with Crippen molar-refractivity contribution in [3.8, 4) is 0 Å². The number of rotatable bonds is 9. The average molecular weight is 320 g/mol. The summed E-state index contributed by atoms with van der Waals surface area (Å²) >= 11 is 0. The molecule has 0 unspecified atom stereocenters. The lowest BCUT2D eigenvalue weighted by Gasteiger charge is -2.15. The maximum Gasteiger partial charge on any atom is 0.224 e. The normalized spacial score (nSPS) is 20.6. The van der Waals surface area contributed by atoms with Crippen molar-refractivity contribution in [1.29, 1.82) is 0 Å². The minimum atomic E-state index is 0.0433. The van der Waals surface area contributed by atoms with Crippen molar-refractivity contribution in [2.24, 2.45) is 11.7 Å². The minimum Gasteiger partial charge on any atom is -0.379 e. The number of benzene rings is 1. The molecular weight excluding hydrogens is 292 g/mol. The predicted molar refractivity (Wildman–Crippen MR) is 91.2 cm³/mol. The Hall–Kier alpha value is -1.43. The molecule has 0 bridgehead atoms. The van der Waals surface area contributed by atoms with Crippen LogP contribution in [0, 0.1) is 5.92 Å². The van der Waals surface area contributed by atoms with Crippen LogP contribution in [0.2, 0.25) is 0 Å². The Kier molecular flexibility index (Phi) is 7.52. The van der Waals surface area contributed by atoms with Crippen molar-refractivity contribution in [2.75, 3.05) is 25.1 Å². The number of nitrogens with one attached hydrogen (secondary N) is 1. The van der Waals surface area contributed by atoms with Crippen molar-refractivity contribution in [3.05, 3.63) is 29.8 Å². The molecule has 23 heavy (non-hydrogen) atoms. The molecule has 1 aliphatic carbocycles. The molecule has 0 aromatic heterocycles. The molecular formula is C18H28N2O3. The van der Waals surface area contributed by atoms with Crippen LogP contribution in [0.25, 0.3) is 0 Å². The number of nitrogens with two attached hydrogens (primary N) is 1. The van der Waals surface area contributed by atoms with E-state index in [-0.39, 0.29) is 11.9 Å². The standard InChI is InChI=1S/C18H28N2O3/c1-2-22-9-10-23-13-14-5-3-7-16(11-14)20-18(21)12-15-6-4-8-17(15)19/h3,5,7,11,15,17H,2,4,6,8-10,12-13,19H2,1H3,(H,20,21)/t15-,17+/m0/s1. The van der Waals surface area contributed by atoms with Gasteiger partial charge in [-0.15, -0.1) is 0 Å². The van der Waals surface area contributed by atoms with Crippen LogP contribution in [-0.2, 0) is 20.9 Å². The first-order valence-electron chi connectivity index (χ1n) is 8.49. The number of hydrogen-bond acceptors (Lipinski definition) is 4. The van der Waals surface area contributed by atoms with Crippen LogP contribution in [-0.4, -0.2) is 31.8 Å².